The smallest absolute Gasteiger partial charge is 0.305 e. The van der Waals surface area contributed by atoms with Gasteiger partial charge in [0.15, 0.2) is 11.6 Å². The van der Waals surface area contributed by atoms with Gasteiger partial charge >= 0.3 is 11.9 Å². The van der Waals surface area contributed by atoms with Crippen molar-refractivity contribution in [3.63, 3.8) is 0 Å². The summed E-state index contributed by atoms with van der Waals surface area (Å²) >= 11 is 0.743. The van der Waals surface area contributed by atoms with Crippen molar-refractivity contribution >= 4 is 134 Å². The third-order valence-corrected chi connectivity index (χ3v) is 24.3. The van der Waals surface area contributed by atoms with E-state index in [1.807, 2.05) is 38.1 Å². The number of amides is 14. The van der Waals surface area contributed by atoms with Crippen LogP contribution in [0.4, 0.5) is 0 Å². The van der Waals surface area contributed by atoms with E-state index in [9.17, 15) is 83.1 Å². The Kier molecular flexibility index (Phi) is 37.0. The monoisotopic (exact) mass is 1830 g/mol. The first-order valence-electron chi connectivity index (χ1n) is 43.0. The predicted octanol–water partition coefficient (Wildman–Crippen LogP) is -2.99. The van der Waals surface area contributed by atoms with Gasteiger partial charge in [0.05, 0.1) is 43.5 Å². The molecule has 4 aromatic carbocycles. The summed E-state index contributed by atoms with van der Waals surface area (Å²) in [5.41, 5.74) is 19.9. The summed E-state index contributed by atoms with van der Waals surface area (Å²) in [6.45, 7) is 1.04. The maximum atomic E-state index is 15.6. The molecule has 130 heavy (non-hydrogen) atoms. The van der Waals surface area contributed by atoms with E-state index in [2.05, 4.69) is 68.4 Å². The number of nitrogens with two attached hydrogens (primary N) is 3. The molecule has 21 N–H and O–H groups in total. The van der Waals surface area contributed by atoms with Crippen molar-refractivity contribution in [3.8, 4) is 5.75 Å². The maximum Gasteiger partial charge on any atom is 0.305 e. The lowest BCUT2D eigenvalue weighted by Crippen LogP contribution is -2.61. The minimum Gasteiger partial charge on any atom is -0.508 e. The Morgan fingerprint density at radius 3 is 1.88 bits per heavy atom. The summed E-state index contributed by atoms with van der Waals surface area (Å²) in [6, 6.07) is 4.39. The van der Waals surface area contributed by atoms with Crippen molar-refractivity contribution in [1.82, 2.24) is 92.6 Å². The fourth-order valence-corrected chi connectivity index (χ4v) is 16.9. The van der Waals surface area contributed by atoms with E-state index in [0.717, 1.165) is 42.1 Å². The molecule has 702 valence electrons. The minimum atomic E-state index is -1.93. The number of carbonyl (C=O) groups excluding carboxylic acids is 15. The Balaban J connectivity index is 1.09. The number of carboxylic acid groups (broad SMARTS) is 2. The van der Waals surface area contributed by atoms with Crippen LogP contribution in [0.15, 0.2) is 97.2 Å². The van der Waals surface area contributed by atoms with Gasteiger partial charge in [0, 0.05) is 101 Å². The first-order valence-corrected chi connectivity index (χ1v) is 44.2. The third kappa shape index (κ3) is 26.8. The van der Waals surface area contributed by atoms with E-state index in [-0.39, 0.29) is 63.1 Å². The topological polar surface area (TPSA) is 650 Å². The van der Waals surface area contributed by atoms with Crippen LogP contribution in [0.25, 0.3) is 21.7 Å². The van der Waals surface area contributed by atoms with Crippen molar-refractivity contribution < 1.29 is 107 Å². The Labute approximate surface area is 751 Å². The number of aromatic amines is 1. The molecule has 6 aromatic rings. The molecule has 3 aliphatic heterocycles. The summed E-state index contributed by atoms with van der Waals surface area (Å²) < 4.78 is 1.21. The molecule has 44 heteroatoms. The van der Waals surface area contributed by atoms with Gasteiger partial charge in [-0.05, 0) is 102 Å². The minimum absolute atomic E-state index is 0.00465. The van der Waals surface area contributed by atoms with E-state index in [1.165, 1.54) is 50.0 Å². The fraction of sp³-hybridized carbons (Fsp3) is 0.512. The number of aromatic hydroxyl groups is 1. The number of aliphatic carboxylic acids is 2. The van der Waals surface area contributed by atoms with Crippen LogP contribution in [0.3, 0.4) is 0 Å². The molecule has 3 aliphatic rings. The van der Waals surface area contributed by atoms with Crippen molar-refractivity contribution in [3.05, 3.63) is 120 Å². The zero-order chi connectivity index (χ0) is 94.7. The second kappa shape index (κ2) is 47.8. The third-order valence-electron chi connectivity index (χ3n) is 23.3. The van der Waals surface area contributed by atoms with Gasteiger partial charge < -0.3 is 115 Å². The molecule has 0 radical (unpaired) electrons. The number of nitrogens with one attached hydrogen (secondary N) is 10. The lowest BCUT2D eigenvalue weighted by Gasteiger charge is -2.32. The number of carbonyl (C=O) groups is 17. The number of benzene rings is 4. The molecule has 2 fully saturated rings. The number of thioether (sulfide) groups is 1. The Morgan fingerprint density at radius 1 is 0.592 bits per heavy atom. The number of ketones is 1. The van der Waals surface area contributed by atoms with Crippen molar-refractivity contribution in [1.29, 1.82) is 0 Å². The largest absolute Gasteiger partial charge is 0.508 e. The molecular formula is C86H115N21O22S. The van der Waals surface area contributed by atoms with Gasteiger partial charge in [-0.15, -0.1) is 16.9 Å². The van der Waals surface area contributed by atoms with E-state index >= 15 is 24.0 Å². The summed E-state index contributed by atoms with van der Waals surface area (Å²) in [4.78, 5) is 251. The standard InChI is InChI=1S/C86H115N21O22S/c1-6-8-22-65-81(124)96-62(39-88)79(122)99-64(77(120)91-41-70(89)112)44-130-45-71(113)92-59(32-47-25-27-52(109)28-26-47)83(126)103(4)46(3)75(118)95-60(37-73(116)117)85(128)105-31-15-24-66(105)82(125)97-61(38-87)78(121)93-57(29-30-72(114)115)84(127)106-42-53(110)36-68(106)69(111)35-50(33-51-40-90-56-21-13-12-20-55(51)56)76(119)98-63(43-108)80(123)94-58(34-49-18-14-17-48-16-10-11-19-54(48)49)74-100-101-102-107(74)67(23-9-7-2)86(129)104(65)5/h10-14,16-21,25-28,40,46,50,53,57-68,90,108-110H,6-9,15,22-24,29-39,41-45,87-88H2,1-5H3,(H2,89,112)(H,91,120)(H,92,113)(H,93,121)(H,94,123)(H,95,118)(H,96,124)(H,97,125)(H,98,119)(H,99,122)(H,114,115)(H,116,117)/t46-,50+,53+,57-,58-,59-,60-,61-,62-,63-,64-,65-,66-,67-,68-/m0/s1. The van der Waals surface area contributed by atoms with Crippen LogP contribution in [-0.2, 0) is 101 Å². The predicted molar refractivity (Wildman–Crippen MR) is 468 cm³/mol. The summed E-state index contributed by atoms with van der Waals surface area (Å²) in [5, 5.41) is 90.8. The molecule has 9 rings (SSSR count). The van der Waals surface area contributed by atoms with Crippen LogP contribution in [0.5, 0.6) is 5.75 Å². The Bertz CT molecular complexity index is 5090. The van der Waals surface area contributed by atoms with Crippen LogP contribution in [0, 0.1) is 5.92 Å². The number of H-pyrrole nitrogens is 1. The average Bonchev–Trinajstić information content (AvgIpc) is 1.43. The SMILES string of the molecule is CCCC[C@H]1C(=O)N[C@@H](CN)C(=O)N[C@H](C(=O)NCC(N)=O)CSCC(=O)N[C@@H](Cc2ccc(O)cc2)C(=O)N(C)[C@@H](C)C(=O)N[C@@H](CC(=O)O)C(=O)N2CCC[C@H]2C(=O)N[C@@H](CN)C(=O)N[C@@H](CCC(=O)O)C(=O)N2C[C@H](O)C[C@H]2C(=O)C[C@@H](Cc2c[nH]c3ccccc23)C(=O)N[C@@H](CO)C(=O)N[C@@H](Cc2cccc3ccccc23)c2nnnn2[C@@H](CCCC)C(=O)N1C. The second-order valence-corrected chi connectivity index (χ2v) is 33.6. The maximum absolute atomic E-state index is 15.6. The number of aromatic nitrogens is 5. The van der Waals surface area contributed by atoms with Crippen LogP contribution < -0.4 is 65.1 Å². The zero-order valence-corrected chi connectivity index (χ0v) is 73.6. The zero-order valence-electron chi connectivity index (χ0n) is 72.8. The number of phenols is 1. The van der Waals surface area contributed by atoms with Crippen molar-refractivity contribution in [2.45, 2.75) is 208 Å². The van der Waals surface area contributed by atoms with Gasteiger partial charge in [0.2, 0.25) is 82.7 Å². The van der Waals surface area contributed by atoms with Gasteiger partial charge in [-0.1, -0.05) is 112 Å². The number of tetrazole rings is 1. The number of Topliss-reactive ketones (excluding diaryl/α,β-unsaturated/α-hetero) is 1. The highest BCUT2D eigenvalue weighted by molar-refractivity contribution is 8.00. The van der Waals surface area contributed by atoms with Crippen molar-refractivity contribution in [2.24, 2.45) is 23.1 Å². The summed E-state index contributed by atoms with van der Waals surface area (Å²) in [6.07, 6.45) is -2.39. The van der Waals surface area contributed by atoms with E-state index < -0.39 is 267 Å². The Morgan fingerprint density at radius 2 is 1.21 bits per heavy atom. The van der Waals surface area contributed by atoms with Gasteiger partial charge in [0.25, 0.3) is 0 Å². The average molecular weight is 1830 g/mol. The highest BCUT2D eigenvalue weighted by atomic mass is 32.2. The lowest BCUT2D eigenvalue weighted by molar-refractivity contribution is -0.147. The summed E-state index contributed by atoms with van der Waals surface area (Å²) in [7, 11) is 2.53. The number of fused-ring (bicyclic) bond motifs is 5. The van der Waals surface area contributed by atoms with Crippen LogP contribution in [0.2, 0.25) is 0 Å². The number of nitrogens with zero attached hydrogens (tertiary/aromatic N) is 8. The number of aliphatic hydroxyl groups excluding tert-OH is 2. The van der Waals surface area contributed by atoms with E-state index in [0.29, 0.717) is 53.3 Å². The van der Waals surface area contributed by atoms with Crippen molar-refractivity contribution in [2.75, 3.05) is 64.9 Å². The first-order chi connectivity index (χ1) is 62.1. The van der Waals surface area contributed by atoms with Gasteiger partial charge in [-0.2, -0.15) is 0 Å². The number of carboxylic acids is 2. The number of aliphatic hydroxyl groups is 2. The first kappa shape index (κ1) is 101. The number of primary amides is 1. The molecule has 0 bridgehead atoms. The molecule has 2 saturated heterocycles. The number of unbranched alkanes of at least 4 members (excludes halogenated alkanes) is 2. The van der Waals surface area contributed by atoms with Crippen LogP contribution in [0.1, 0.15) is 139 Å². The molecule has 5 heterocycles. The lowest BCUT2D eigenvalue weighted by atomic mass is 9.90. The van der Waals surface area contributed by atoms with Crippen LogP contribution >= 0.6 is 11.8 Å². The van der Waals surface area contributed by atoms with Gasteiger partial charge in [-0.3, -0.25) is 81.5 Å². The number of likely N-dealkylation sites (N-methyl/N-ethyl adjacent to an activating group) is 2. The molecule has 14 amide bonds. The second-order valence-electron chi connectivity index (χ2n) is 32.5. The molecule has 0 saturated carbocycles. The number of hydrogen-bond acceptors (Lipinski definition) is 26. The normalized spacial score (nSPS) is 25.1. The summed E-state index contributed by atoms with van der Waals surface area (Å²) in [5.74, 6) is -20.5. The highest BCUT2D eigenvalue weighted by Crippen LogP contribution is 2.32. The van der Waals surface area contributed by atoms with E-state index in [4.69, 9.17) is 17.2 Å². The molecule has 0 unspecified atom stereocenters. The molecule has 15 atom stereocenters. The number of hydrogen-bond donors (Lipinski definition) is 18. The molecule has 43 nitrogen and oxygen atoms in total. The van der Waals surface area contributed by atoms with Gasteiger partial charge in [0.1, 0.15) is 72.2 Å². The highest BCUT2D eigenvalue weighted by Gasteiger charge is 2.46. The fourth-order valence-electron chi connectivity index (χ4n) is 16.0. The van der Waals surface area contributed by atoms with Gasteiger partial charge in [-0.25, -0.2) is 4.68 Å². The molecular weight excluding hydrogens is 1710 g/mol. The van der Waals surface area contributed by atoms with E-state index in [1.54, 1.807) is 48.7 Å². The molecule has 2 aromatic heterocycles. The number of para-hydroxylation sites is 1. The number of rotatable bonds is 23. The quantitative estimate of drug-likeness (QED) is 0.0304. The molecule has 0 aliphatic carbocycles. The number of phenolic OH excluding ortho intramolecular Hbond substituents is 1. The molecule has 0 spiro atoms. The van der Waals surface area contributed by atoms with Crippen LogP contribution in [-0.4, -0.2) is 308 Å². The Hall–Kier alpha value is -13.1.